The molecule has 0 atom stereocenters. The van der Waals surface area contributed by atoms with Gasteiger partial charge in [-0.05, 0) is 25.7 Å². The molecule has 0 aliphatic heterocycles. The van der Waals surface area contributed by atoms with Crippen LogP contribution in [0.15, 0.2) is 12.3 Å². The summed E-state index contributed by atoms with van der Waals surface area (Å²) in [4.78, 5) is 5.63. The highest BCUT2D eigenvalue weighted by atomic mass is 35.5. The topological polar surface area (TPSA) is 16.1 Å². The minimum atomic E-state index is -0.462. The van der Waals surface area contributed by atoms with Crippen LogP contribution in [-0.4, -0.2) is 24.0 Å². The maximum absolute atomic E-state index is 12.8. The number of halogens is 2. The van der Waals surface area contributed by atoms with Crippen molar-refractivity contribution in [3.8, 4) is 0 Å². The summed E-state index contributed by atoms with van der Waals surface area (Å²) in [5, 5.41) is -0.0718. The Balaban J connectivity index is 2.82. The Morgan fingerprint density at radius 1 is 1.58 bits per heavy atom. The van der Waals surface area contributed by atoms with Crippen molar-refractivity contribution in [2.75, 3.05) is 14.1 Å². The van der Waals surface area contributed by atoms with Gasteiger partial charge >= 0.3 is 0 Å². The summed E-state index contributed by atoms with van der Waals surface area (Å²) < 4.78 is 12.8. The molecular formula is C8H10ClFN2. The van der Waals surface area contributed by atoms with Crippen LogP contribution in [0.2, 0.25) is 5.15 Å². The first-order valence-electron chi connectivity index (χ1n) is 3.54. The molecule has 12 heavy (non-hydrogen) atoms. The van der Waals surface area contributed by atoms with E-state index in [1.807, 2.05) is 19.0 Å². The van der Waals surface area contributed by atoms with E-state index in [0.717, 1.165) is 5.56 Å². The minimum Gasteiger partial charge on any atom is -0.305 e. The van der Waals surface area contributed by atoms with E-state index in [0.29, 0.717) is 6.54 Å². The molecule has 0 unspecified atom stereocenters. The van der Waals surface area contributed by atoms with E-state index >= 15 is 0 Å². The van der Waals surface area contributed by atoms with Crippen LogP contribution in [-0.2, 0) is 6.54 Å². The van der Waals surface area contributed by atoms with Crippen molar-refractivity contribution in [3.05, 3.63) is 28.8 Å². The van der Waals surface area contributed by atoms with Crippen molar-refractivity contribution in [2.24, 2.45) is 0 Å². The molecule has 0 bridgehead atoms. The highest BCUT2D eigenvalue weighted by Crippen LogP contribution is 2.12. The quantitative estimate of drug-likeness (QED) is 0.660. The molecule has 1 rings (SSSR count). The number of nitrogens with zero attached hydrogens (tertiary/aromatic N) is 2. The standard InChI is InChI=1S/C8H10ClFN2/c1-12(2)5-6-3-7(10)8(9)11-4-6/h3-4H,5H2,1-2H3. The van der Waals surface area contributed by atoms with Gasteiger partial charge in [0.25, 0.3) is 0 Å². The fourth-order valence-electron chi connectivity index (χ4n) is 0.912. The monoisotopic (exact) mass is 188 g/mol. The van der Waals surface area contributed by atoms with E-state index in [1.165, 1.54) is 6.07 Å². The zero-order valence-corrected chi connectivity index (χ0v) is 7.77. The predicted molar refractivity (Wildman–Crippen MR) is 46.6 cm³/mol. The molecule has 0 aromatic carbocycles. The fourth-order valence-corrected chi connectivity index (χ4v) is 1.02. The van der Waals surface area contributed by atoms with E-state index in [1.54, 1.807) is 6.20 Å². The second kappa shape index (κ2) is 3.83. The van der Waals surface area contributed by atoms with Crippen LogP contribution in [0.5, 0.6) is 0 Å². The first-order valence-corrected chi connectivity index (χ1v) is 3.92. The van der Waals surface area contributed by atoms with Gasteiger partial charge in [-0.2, -0.15) is 0 Å². The highest BCUT2D eigenvalue weighted by molar-refractivity contribution is 6.29. The summed E-state index contributed by atoms with van der Waals surface area (Å²) in [6, 6.07) is 1.40. The molecule has 0 amide bonds. The third kappa shape index (κ3) is 2.43. The summed E-state index contributed by atoms with van der Waals surface area (Å²) in [7, 11) is 3.82. The lowest BCUT2D eigenvalue weighted by Crippen LogP contribution is -2.11. The van der Waals surface area contributed by atoms with Gasteiger partial charge in [0, 0.05) is 12.7 Å². The molecule has 0 saturated carbocycles. The zero-order valence-electron chi connectivity index (χ0n) is 7.01. The van der Waals surface area contributed by atoms with Crippen molar-refractivity contribution in [2.45, 2.75) is 6.54 Å². The van der Waals surface area contributed by atoms with Gasteiger partial charge < -0.3 is 4.90 Å². The molecule has 1 aromatic heterocycles. The summed E-state index contributed by atoms with van der Waals surface area (Å²) in [5.74, 6) is -0.462. The zero-order chi connectivity index (χ0) is 9.14. The second-order valence-corrected chi connectivity index (χ2v) is 3.21. The first-order chi connectivity index (χ1) is 5.59. The molecule has 0 aliphatic rings. The van der Waals surface area contributed by atoms with Gasteiger partial charge in [0.05, 0.1) is 0 Å². The average molecular weight is 189 g/mol. The molecule has 1 heterocycles. The Kier molecular flexibility index (Phi) is 3.00. The van der Waals surface area contributed by atoms with E-state index in [4.69, 9.17) is 11.6 Å². The minimum absolute atomic E-state index is 0.0718. The molecule has 0 radical (unpaired) electrons. The maximum Gasteiger partial charge on any atom is 0.164 e. The normalized spacial score (nSPS) is 10.8. The van der Waals surface area contributed by atoms with Gasteiger partial charge in [-0.3, -0.25) is 0 Å². The van der Waals surface area contributed by atoms with Crippen molar-refractivity contribution in [1.82, 2.24) is 9.88 Å². The first kappa shape index (κ1) is 9.42. The van der Waals surface area contributed by atoms with Crippen molar-refractivity contribution in [3.63, 3.8) is 0 Å². The molecule has 0 aliphatic carbocycles. The number of aromatic nitrogens is 1. The molecule has 0 saturated heterocycles. The maximum atomic E-state index is 12.8. The molecule has 4 heteroatoms. The summed E-state index contributed by atoms with van der Waals surface area (Å²) >= 11 is 5.42. The molecule has 2 nitrogen and oxygen atoms in total. The Hall–Kier alpha value is -0.670. The second-order valence-electron chi connectivity index (χ2n) is 2.85. The Morgan fingerprint density at radius 3 is 2.75 bits per heavy atom. The number of hydrogen-bond acceptors (Lipinski definition) is 2. The van der Waals surface area contributed by atoms with Gasteiger partial charge in [-0.25, -0.2) is 9.37 Å². The third-order valence-electron chi connectivity index (χ3n) is 1.35. The van der Waals surface area contributed by atoms with Crippen molar-refractivity contribution in [1.29, 1.82) is 0 Å². The van der Waals surface area contributed by atoms with Crippen LogP contribution in [0.3, 0.4) is 0 Å². The lowest BCUT2D eigenvalue weighted by atomic mass is 10.3. The van der Waals surface area contributed by atoms with Crippen LogP contribution < -0.4 is 0 Å². The van der Waals surface area contributed by atoms with E-state index in [9.17, 15) is 4.39 Å². The molecular weight excluding hydrogens is 179 g/mol. The largest absolute Gasteiger partial charge is 0.305 e. The smallest absolute Gasteiger partial charge is 0.164 e. The van der Waals surface area contributed by atoms with E-state index < -0.39 is 5.82 Å². The summed E-state index contributed by atoms with van der Waals surface area (Å²) in [6.07, 6.45) is 1.57. The van der Waals surface area contributed by atoms with E-state index in [2.05, 4.69) is 4.98 Å². The van der Waals surface area contributed by atoms with Gasteiger partial charge in [0.15, 0.2) is 11.0 Å². The predicted octanol–water partition coefficient (Wildman–Crippen LogP) is 1.94. The number of hydrogen-bond donors (Lipinski definition) is 0. The van der Waals surface area contributed by atoms with E-state index in [-0.39, 0.29) is 5.15 Å². The van der Waals surface area contributed by atoms with Crippen LogP contribution in [0.1, 0.15) is 5.56 Å². The molecule has 0 spiro atoms. The van der Waals surface area contributed by atoms with Gasteiger partial charge in [0.1, 0.15) is 0 Å². The Labute approximate surface area is 76.0 Å². The number of rotatable bonds is 2. The van der Waals surface area contributed by atoms with Gasteiger partial charge in [0.2, 0.25) is 0 Å². The van der Waals surface area contributed by atoms with Gasteiger partial charge in [-0.1, -0.05) is 11.6 Å². The van der Waals surface area contributed by atoms with Crippen LogP contribution in [0, 0.1) is 5.82 Å². The van der Waals surface area contributed by atoms with Crippen LogP contribution >= 0.6 is 11.6 Å². The summed E-state index contributed by atoms with van der Waals surface area (Å²) in [5.41, 5.74) is 0.821. The van der Waals surface area contributed by atoms with Crippen LogP contribution in [0.25, 0.3) is 0 Å². The third-order valence-corrected chi connectivity index (χ3v) is 1.63. The summed E-state index contributed by atoms with van der Waals surface area (Å²) in [6.45, 7) is 0.668. The molecule has 0 fully saturated rings. The highest BCUT2D eigenvalue weighted by Gasteiger charge is 2.02. The molecule has 66 valence electrons. The van der Waals surface area contributed by atoms with Crippen molar-refractivity contribution >= 4 is 11.6 Å². The fraction of sp³-hybridized carbons (Fsp3) is 0.375. The lowest BCUT2D eigenvalue weighted by Gasteiger charge is -2.08. The van der Waals surface area contributed by atoms with Gasteiger partial charge in [-0.15, -0.1) is 0 Å². The SMILES string of the molecule is CN(C)Cc1cnc(Cl)c(F)c1. The average Bonchev–Trinajstić information content (AvgIpc) is 1.96. The molecule has 0 N–H and O–H groups in total. The Bertz CT molecular complexity index is 276. The lowest BCUT2D eigenvalue weighted by molar-refractivity contribution is 0.400. The molecule has 1 aromatic rings. The van der Waals surface area contributed by atoms with Crippen molar-refractivity contribution < 1.29 is 4.39 Å². The number of pyridine rings is 1. The van der Waals surface area contributed by atoms with Crippen LogP contribution in [0.4, 0.5) is 4.39 Å². The Morgan fingerprint density at radius 2 is 2.25 bits per heavy atom.